The molecule has 2 rings (SSSR count). The average Bonchev–Trinajstić information content (AvgIpc) is 2.48. The molecular formula is C17H30N2O. The topological polar surface area (TPSA) is 15.7 Å². The first-order valence-electron chi connectivity index (χ1n) is 7.77. The fraction of sp³-hybridized carbons (Fsp3) is 0.647. The molecule has 0 bridgehead atoms. The average molecular weight is 278 g/mol. The van der Waals surface area contributed by atoms with Gasteiger partial charge in [0, 0.05) is 32.2 Å². The van der Waals surface area contributed by atoms with Gasteiger partial charge in [-0.3, -0.25) is 4.90 Å². The summed E-state index contributed by atoms with van der Waals surface area (Å²) in [5, 5.41) is 0. The van der Waals surface area contributed by atoms with Gasteiger partial charge in [0.05, 0.1) is 0 Å². The molecule has 0 amide bonds. The maximum absolute atomic E-state index is 5.87. The van der Waals surface area contributed by atoms with Gasteiger partial charge in [-0.25, -0.2) is 0 Å². The van der Waals surface area contributed by atoms with E-state index in [-0.39, 0.29) is 0 Å². The van der Waals surface area contributed by atoms with E-state index in [1.807, 2.05) is 26.0 Å². The Morgan fingerprint density at radius 2 is 1.80 bits per heavy atom. The number of aryl methyl sites for hydroxylation is 1. The number of likely N-dealkylation sites (N-methyl/N-ethyl adjacent to an activating group) is 1. The molecule has 1 aliphatic heterocycles. The largest absolute Gasteiger partial charge is 0.492 e. The number of benzene rings is 1. The molecule has 1 aromatic rings. The van der Waals surface area contributed by atoms with Crippen molar-refractivity contribution in [1.29, 1.82) is 0 Å². The van der Waals surface area contributed by atoms with Crippen LogP contribution in [0, 0.1) is 6.92 Å². The van der Waals surface area contributed by atoms with Gasteiger partial charge >= 0.3 is 0 Å². The summed E-state index contributed by atoms with van der Waals surface area (Å²) in [6, 6.07) is 8.75. The van der Waals surface area contributed by atoms with Crippen LogP contribution in [0.3, 0.4) is 0 Å². The zero-order chi connectivity index (χ0) is 15.0. The van der Waals surface area contributed by atoms with Gasteiger partial charge in [-0.05, 0) is 38.6 Å². The van der Waals surface area contributed by atoms with Crippen LogP contribution in [-0.4, -0.2) is 55.7 Å². The van der Waals surface area contributed by atoms with Crippen LogP contribution in [0.15, 0.2) is 24.3 Å². The summed E-state index contributed by atoms with van der Waals surface area (Å²) in [4.78, 5) is 4.89. The second-order valence-corrected chi connectivity index (χ2v) is 5.32. The molecule has 0 aliphatic carbocycles. The Morgan fingerprint density at radius 3 is 2.40 bits per heavy atom. The Morgan fingerprint density at radius 1 is 1.15 bits per heavy atom. The molecule has 0 saturated carbocycles. The molecule has 0 N–H and O–H groups in total. The lowest BCUT2D eigenvalue weighted by molar-refractivity contribution is 0.0904. The lowest BCUT2D eigenvalue weighted by atomic mass is 10.2. The van der Waals surface area contributed by atoms with Gasteiger partial charge in [0.2, 0.25) is 0 Å². The smallest absolute Gasteiger partial charge is 0.119 e. The summed E-state index contributed by atoms with van der Waals surface area (Å²) in [6.45, 7) is 13.7. The second kappa shape index (κ2) is 8.98. The summed E-state index contributed by atoms with van der Waals surface area (Å²) < 4.78 is 5.87. The first kappa shape index (κ1) is 17.0. The second-order valence-electron chi connectivity index (χ2n) is 5.32. The molecule has 1 aliphatic rings. The van der Waals surface area contributed by atoms with Crippen LogP contribution >= 0.6 is 0 Å². The molecule has 20 heavy (non-hydrogen) atoms. The number of ether oxygens (including phenoxy) is 1. The Bertz CT molecular complexity index is 373. The van der Waals surface area contributed by atoms with E-state index < -0.39 is 0 Å². The quantitative estimate of drug-likeness (QED) is 0.842. The molecule has 114 valence electrons. The Hall–Kier alpha value is -1.06. The van der Waals surface area contributed by atoms with E-state index in [9.17, 15) is 0 Å². The predicted octanol–water partition coefficient (Wildman–Crippen LogP) is 3.04. The van der Waals surface area contributed by atoms with Crippen molar-refractivity contribution in [2.75, 3.05) is 39.8 Å². The Balaban J connectivity index is 0.000000956. The molecule has 1 unspecified atom stereocenters. The normalized spacial score (nSPS) is 18.1. The van der Waals surface area contributed by atoms with Crippen LogP contribution in [-0.2, 0) is 0 Å². The SMILES string of the molecule is CC.Cc1cccc(OCC(C)N2CCN(C)CC2)c1. The molecule has 3 heteroatoms. The van der Waals surface area contributed by atoms with E-state index in [1.54, 1.807) is 0 Å². The minimum absolute atomic E-state index is 0.485. The number of rotatable bonds is 4. The number of hydrogen-bond donors (Lipinski definition) is 0. The Kier molecular flexibility index (Phi) is 7.63. The maximum atomic E-state index is 5.87. The standard InChI is InChI=1S/C15H24N2O.C2H6/c1-13-5-4-6-15(11-13)18-12-14(2)17-9-7-16(3)8-10-17;1-2/h4-6,11,14H,7-10,12H2,1-3H3;1-2H3. The van der Waals surface area contributed by atoms with E-state index >= 15 is 0 Å². The highest BCUT2D eigenvalue weighted by Crippen LogP contribution is 2.14. The van der Waals surface area contributed by atoms with Gasteiger partial charge in [-0.2, -0.15) is 0 Å². The third kappa shape index (κ3) is 5.51. The van der Waals surface area contributed by atoms with Crippen molar-refractivity contribution >= 4 is 0 Å². The van der Waals surface area contributed by atoms with E-state index in [4.69, 9.17) is 4.74 Å². The molecular weight excluding hydrogens is 248 g/mol. The monoisotopic (exact) mass is 278 g/mol. The third-order valence-corrected chi connectivity index (χ3v) is 3.64. The van der Waals surface area contributed by atoms with Crippen molar-refractivity contribution in [3.8, 4) is 5.75 Å². The van der Waals surface area contributed by atoms with E-state index in [0.29, 0.717) is 6.04 Å². The molecule has 0 spiro atoms. The van der Waals surface area contributed by atoms with E-state index in [0.717, 1.165) is 38.5 Å². The fourth-order valence-corrected chi connectivity index (χ4v) is 2.29. The van der Waals surface area contributed by atoms with E-state index in [1.165, 1.54) is 5.56 Å². The molecule has 1 saturated heterocycles. The van der Waals surface area contributed by atoms with Crippen LogP contribution in [0.1, 0.15) is 26.3 Å². The van der Waals surface area contributed by atoms with Crippen molar-refractivity contribution < 1.29 is 4.74 Å². The van der Waals surface area contributed by atoms with Crippen LogP contribution in [0.4, 0.5) is 0 Å². The summed E-state index contributed by atoms with van der Waals surface area (Å²) in [5.74, 6) is 0.982. The minimum Gasteiger partial charge on any atom is -0.492 e. The van der Waals surface area contributed by atoms with E-state index in [2.05, 4.69) is 42.8 Å². The van der Waals surface area contributed by atoms with Crippen LogP contribution in [0.5, 0.6) is 5.75 Å². The van der Waals surface area contributed by atoms with Gasteiger partial charge < -0.3 is 9.64 Å². The molecule has 1 heterocycles. The number of nitrogens with zero attached hydrogens (tertiary/aromatic N) is 2. The van der Waals surface area contributed by atoms with Gasteiger partial charge in [0.15, 0.2) is 0 Å². The first-order valence-corrected chi connectivity index (χ1v) is 7.77. The highest BCUT2D eigenvalue weighted by molar-refractivity contribution is 5.27. The van der Waals surface area contributed by atoms with Crippen LogP contribution in [0.25, 0.3) is 0 Å². The first-order chi connectivity index (χ1) is 9.65. The third-order valence-electron chi connectivity index (χ3n) is 3.64. The summed E-state index contributed by atoms with van der Waals surface area (Å²) in [5.41, 5.74) is 1.25. The van der Waals surface area contributed by atoms with Gasteiger partial charge in [0.25, 0.3) is 0 Å². The highest BCUT2D eigenvalue weighted by atomic mass is 16.5. The molecule has 1 atom stereocenters. The van der Waals surface area contributed by atoms with Gasteiger partial charge in [-0.15, -0.1) is 0 Å². The van der Waals surface area contributed by atoms with Crippen molar-refractivity contribution in [2.45, 2.75) is 33.7 Å². The zero-order valence-corrected chi connectivity index (χ0v) is 13.7. The summed E-state index contributed by atoms with van der Waals surface area (Å²) in [6.07, 6.45) is 0. The number of piperazine rings is 1. The van der Waals surface area contributed by atoms with Crippen molar-refractivity contribution in [3.63, 3.8) is 0 Å². The van der Waals surface area contributed by atoms with Crippen LogP contribution in [0.2, 0.25) is 0 Å². The van der Waals surface area contributed by atoms with Crippen molar-refractivity contribution in [2.24, 2.45) is 0 Å². The van der Waals surface area contributed by atoms with Crippen molar-refractivity contribution in [3.05, 3.63) is 29.8 Å². The maximum Gasteiger partial charge on any atom is 0.119 e. The lowest BCUT2D eigenvalue weighted by Crippen LogP contribution is -2.49. The molecule has 0 aromatic heterocycles. The summed E-state index contributed by atoms with van der Waals surface area (Å²) >= 11 is 0. The molecule has 1 fully saturated rings. The molecule has 0 radical (unpaired) electrons. The Labute approximate surface area is 124 Å². The fourth-order valence-electron chi connectivity index (χ4n) is 2.29. The molecule has 1 aromatic carbocycles. The van der Waals surface area contributed by atoms with Crippen molar-refractivity contribution in [1.82, 2.24) is 9.80 Å². The van der Waals surface area contributed by atoms with Gasteiger partial charge in [0.1, 0.15) is 12.4 Å². The lowest BCUT2D eigenvalue weighted by Gasteiger charge is -2.36. The summed E-state index contributed by atoms with van der Waals surface area (Å²) in [7, 11) is 2.19. The highest BCUT2D eigenvalue weighted by Gasteiger charge is 2.19. The van der Waals surface area contributed by atoms with Gasteiger partial charge in [-0.1, -0.05) is 26.0 Å². The molecule has 3 nitrogen and oxygen atoms in total. The predicted molar refractivity (Wildman–Crippen MR) is 86.6 cm³/mol. The van der Waals surface area contributed by atoms with Crippen LogP contribution < -0.4 is 4.74 Å². The number of hydrogen-bond acceptors (Lipinski definition) is 3. The minimum atomic E-state index is 0.485. The zero-order valence-electron chi connectivity index (χ0n) is 13.7.